The maximum atomic E-state index is 5.04. The number of aromatic nitrogens is 2. The van der Waals surface area contributed by atoms with E-state index in [1.807, 2.05) is 25.2 Å². The van der Waals surface area contributed by atoms with E-state index >= 15 is 0 Å². The Labute approximate surface area is 180 Å². The van der Waals surface area contributed by atoms with Crippen LogP contribution in [0, 0.1) is 6.92 Å². The standard InChI is InChI=1S/C24H28N4.ClH/c1-5-22-17(2)23(26-24(25-22)27(4)20-12-7-6-8-13-20)28-16-15-19-11-9-10-14-21(19)18(28)3;/h6-14,18H,5,15-16H2,1-4H3;1H. The summed E-state index contributed by atoms with van der Waals surface area (Å²) in [7, 11) is 2.04. The van der Waals surface area contributed by atoms with Gasteiger partial charge in [0.25, 0.3) is 0 Å². The van der Waals surface area contributed by atoms with Crippen LogP contribution in [0.25, 0.3) is 0 Å². The zero-order chi connectivity index (χ0) is 19.7. The van der Waals surface area contributed by atoms with Crippen LogP contribution < -0.4 is 9.80 Å². The zero-order valence-corrected chi connectivity index (χ0v) is 18.4. The minimum Gasteiger partial charge on any atom is -0.349 e. The van der Waals surface area contributed by atoms with Crippen LogP contribution in [0.5, 0.6) is 0 Å². The molecule has 1 aliphatic rings. The zero-order valence-electron chi connectivity index (χ0n) is 17.6. The molecular weight excluding hydrogens is 380 g/mol. The second kappa shape index (κ2) is 8.83. The first-order valence-corrected chi connectivity index (χ1v) is 10.1. The molecule has 1 aromatic heterocycles. The molecule has 2 aromatic carbocycles. The number of nitrogens with zero attached hydrogens (tertiary/aromatic N) is 4. The summed E-state index contributed by atoms with van der Waals surface area (Å²) >= 11 is 0. The van der Waals surface area contributed by atoms with Gasteiger partial charge in [-0.25, -0.2) is 4.98 Å². The summed E-state index contributed by atoms with van der Waals surface area (Å²) in [6.07, 6.45) is 1.95. The van der Waals surface area contributed by atoms with E-state index in [9.17, 15) is 0 Å². The summed E-state index contributed by atoms with van der Waals surface area (Å²) in [5, 5.41) is 0. The predicted octanol–water partition coefficient (Wildman–Crippen LogP) is 5.66. The van der Waals surface area contributed by atoms with Gasteiger partial charge < -0.3 is 9.80 Å². The van der Waals surface area contributed by atoms with Gasteiger partial charge >= 0.3 is 0 Å². The molecule has 0 amide bonds. The van der Waals surface area contributed by atoms with Crippen molar-refractivity contribution in [3.63, 3.8) is 0 Å². The van der Waals surface area contributed by atoms with Gasteiger partial charge in [0.15, 0.2) is 0 Å². The Bertz CT molecular complexity index is 974. The molecule has 3 aromatic rings. The number of rotatable bonds is 4. The molecule has 1 atom stereocenters. The van der Waals surface area contributed by atoms with Crippen molar-refractivity contribution < 1.29 is 0 Å². The molecule has 2 heterocycles. The number of aryl methyl sites for hydroxylation is 1. The number of halogens is 1. The smallest absolute Gasteiger partial charge is 0.231 e. The Hall–Kier alpha value is -2.59. The summed E-state index contributed by atoms with van der Waals surface area (Å²) < 4.78 is 0. The number of fused-ring (bicyclic) bond motifs is 1. The van der Waals surface area contributed by atoms with Crippen LogP contribution in [-0.2, 0) is 12.8 Å². The Morgan fingerprint density at radius 2 is 1.72 bits per heavy atom. The SMILES string of the molecule is CCc1nc(N(C)c2ccccc2)nc(N2CCc3ccccc3C2C)c1C.Cl. The average Bonchev–Trinajstić information content (AvgIpc) is 2.75. The fraction of sp³-hybridized carbons (Fsp3) is 0.333. The third-order valence-corrected chi connectivity index (χ3v) is 5.85. The van der Waals surface area contributed by atoms with Crippen molar-refractivity contribution in [2.24, 2.45) is 0 Å². The Morgan fingerprint density at radius 1 is 1.03 bits per heavy atom. The van der Waals surface area contributed by atoms with Gasteiger partial charge in [0.05, 0.1) is 11.7 Å². The highest BCUT2D eigenvalue weighted by atomic mass is 35.5. The Morgan fingerprint density at radius 3 is 2.45 bits per heavy atom. The van der Waals surface area contributed by atoms with E-state index in [1.165, 1.54) is 16.7 Å². The number of benzene rings is 2. The maximum absolute atomic E-state index is 5.04. The van der Waals surface area contributed by atoms with Crippen LogP contribution in [0.3, 0.4) is 0 Å². The van der Waals surface area contributed by atoms with E-state index in [0.29, 0.717) is 6.04 Å². The molecule has 1 aliphatic heterocycles. The topological polar surface area (TPSA) is 32.3 Å². The van der Waals surface area contributed by atoms with Gasteiger partial charge in [0, 0.05) is 24.8 Å². The number of hydrogen-bond donors (Lipinski definition) is 0. The molecule has 0 saturated heterocycles. The van der Waals surface area contributed by atoms with E-state index in [4.69, 9.17) is 9.97 Å². The van der Waals surface area contributed by atoms with Gasteiger partial charge in [0.1, 0.15) is 5.82 Å². The quantitative estimate of drug-likeness (QED) is 0.557. The fourth-order valence-corrected chi connectivity index (χ4v) is 4.14. The number of para-hydroxylation sites is 1. The van der Waals surface area contributed by atoms with Crippen molar-refractivity contribution in [2.45, 2.75) is 39.7 Å². The third kappa shape index (κ3) is 3.95. The largest absolute Gasteiger partial charge is 0.349 e. The lowest BCUT2D eigenvalue weighted by molar-refractivity contribution is 0.613. The maximum Gasteiger partial charge on any atom is 0.231 e. The van der Waals surface area contributed by atoms with Crippen molar-refractivity contribution in [1.29, 1.82) is 0 Å². The Kier molecular flexibility index (Phi) is 6.43. The molecule has 29 heavy (non-hydrogen) atoms. The van der Waals surface area contributed by atoms with Gasteiger partial charge in [-0.3, -0.25) is 0 Å². The molecule has 0 fully saturated rings. The highest BCUT2D eigenvalue weighted by Crippen LogP contribution is 2.36. The van der Waals surface area contributed by atoms with Crippen LogP contribution in [0.15, 0.2) is 54.6 Å². The molecule has 4 rings (SSSR count). The molecule has 0 aliphatic carbocycles. The lowest BCUT2D eigenvalue weighted by Crippen LogP contribution is -2.35. The van der Waals surface area contributed by atoms with E-state index < -0.39 is 0 Å². The normalized spacial score (nSPS) is 15.4. The minimum atomic E-state index is 0. The van der Waals surface area contributed by atoms with Crippen LogP contribution in [0.2, 0.25) is 0 Å². The lowest BCUT2D eigenvalue weighted by atomic mass is 9.93. The summed E-state index contributed by atoms with van der Waals surface area (Å²) in [6.45, 7) is 7.59. The van der Waals surface area contributed by atoms with E-state index in [1.54, 1.807) is 0 Å². The highest BCUT2D eigenvalue weighted by molar-refractivity contribution is 5.85. The van der Waals surface area contributed by atoms with Crippen molar-refractivity contribution in [1.82, 2.24) is 9.97 Å². The average molecular weight is 409 g/mol. The molecule has 4 nitrogen and oxygen atoms in total. The van der Waals surface area contributed by atoms with Gasteiger partial charge in [-0.1, -0.05) is 49.4 Å². The Balaban J connectivity index is 0.00000240. The first kappa shape index (κ1) is 21.1. The molecule has 152 valence electrons. The summed E-state index contributed by atoms with van der Waals surface area (Å²) in [6, 6.07) is 19.4. The van der Waals surface area contributed by atoms with Crippen molar-refractivity contribution in [3.8, 4) is 0 Å². The van der Waals surface area contributed by atoms with Crippen LogP contribution in [-0.4, -0.2) is 23.6 Å². The molecule has 0 saturated carbocycles. The van der Waals surface area contributed by atoms with Crippen LogP contribution >= 0.6 is 12.4 Å². The fourth-order valence-electron chi connectivity index (χ4n) is 4.14. The first-order valence-electron chi connectivity index (χ1n) is 10.1. The summed E-state index contributed by atoms with van der Waals surface area (Å²) in [5.74, 6) is 1.82. The molecule has 0 N–H and O–H groups in total. The molecular formula is C24H29ClN4. The first-order chi connectivity index (χ1) is 13.6. The van der Waals surface area contributed by atoms with Crippen LogP contribution in [0.1, 0.15) is 42.3 Å². The van der Waals surface area contributed by atoms with Crippen LogP contribution in [0.4, 0.5) is 17.5 Å². The molecule has 1 unspecified atom stereocenters. The van der Waals surface area contributed by atoms with E-state index in [-0.39, 0.29) is 12.4 Å². The minimum absolute atomic E-state index is 0. The molecule has 0 radical (unpaired) electrons. The van der Waals surface area contributed by atoms with E-state index in [2.05, 4.69) is 67.0 Å². The lowest BCUT2D eigenvalue weighted by Gasteiger charge is -2.37. The number of hydrogen-bond acceptors (Lipinski definition) is 4. The molecule has 5 heteroatoms. The second-order valence-electron chi connectivity index (χ2n) is 7.49. The monoisotopic (exact) mass is 408 g/mol. The van der Waals surface area contributed by atoms with Gasteiger partial charge in [-0.05, 0) is 49.9 Å². The van der Waals surface area contributed by atoms with E-state index in [0.717, 1.165) is 42.5 Å². The van der Waals surface area contributed by atoms with Gasteiger partial charge in [0.2, 0.25) is 5.95 Å². The third-order valence-electron chi connectivity index (χ3n) is 5.85. The van der Waals surface area contributed by atoms with Crippen molar-refractivity contribution >= 4 is 29.9 Å². The summed E-state index contributed by atoms with van der Waals surface area (Å²) in [4.78, 5) is 14.4. The molecule has 0 bridgehead atoms. The predicted molar refractivity (Wildman–Crippen MR) is 124 cm³/mol. The van der Waals surface area contributed by atoms with Gasteiger partial charge in [-0.2, -0.15) is 4.98 Å². The van der Waals surface area contributed by atoms with Crippen molar-refractivity contribution in [3.05, 3.63) is 77.0 Å². The molecule has 0 spiro atoms. The highest BCUT2D eigenvalue weighted by Gasteiger charge is 2.27. The number of anilines is 3. The summed E-state index contributed by atoms with van der Waals surface area (Å²) in [5.41, 5.74) is 6.27. The van der Waals surface area contributed by atoms with Gasteiger partial charge in [-0.15, -0.1) is 12.4 Å². The second-order valence-corrected chi connectivity index (χ2v) is 7.49. The van der Waals surface area contributed by atoms with Crippen molar-refractivity contribution in [2.75, 3.05) is 23.4 Å².